The van der Waals surface area contributed by atoms with Crippen molar-refractivity contribution in [3.8, 4) is 5.69 Å². The van der Waals surface area contributed by atoms with Crippen LogP contribution >= 0.6 is 0 Å². The average molecular weight is 261 g/mol. The molecule has 0 saturated heterocycles. The smallest absolute Gasteiger partial charge is 0.330 e. The molecule has 1 heterocycles. The first-order valence-electron chi connectivity index (χ1n) is 5.82. The van der Waals surface area contributed by atoms with E-state index in [0.29, 0.717) is 0 Å². The summed E-state index contributed by atoms with van der Waals surface area (Å²) in [6, 6.07) is 6.76. The van der Waals surface area contributed by atoms with Gasteiger partial charge in [-0.25, -0.2) is 9.59 Å². The molecule has 6 nitrogen and oxygen atoms in total. The number of nitrogens with zero attached hydrogens (tertiary/aromatic N) is 1. The van der Waals surface area contributed by atoms with Gasteiger partial charge < -0.3 is 15.0 Å². The number of aromatic amines is 1. The van der Waals surface area contributed by atoms with Crippen molar-refractivity contribution in [3.05, 3.63) is 47.1 Å². The van der Waals surface area contributed by atoms with E-state index in [2.05, 4.69) is 15.0 Å². The minimum atomic E-state index is -0.425. The number of rotatable bonds is 4. The molecule has 1 aromatic heterocycles. The highest BCUT2D eigenvalue weighted by atomic mass is 16.5. The summed E-state index contributed by atoms with van der Waals surface area (Å²) in [5, 5.41) is 3.01. The lowest BCUT2D eigenvalue weighted by Gasteiger charge is -2.13. The fourth-order valence-electron chi connectivity index (χ4n) is 1.73. The van der Waals surface area contributed by atoms with E-state index < -0.39 is 6.04 Å². The molecule has 0 amide bonds. The first-order valence-corrected chi connectivity index (χ1v) is 5.82. The molecule has 0 spiro atoms. The van der Waals surface area contributed by atoms with E-state index in [4.69, 9.17) is 0 Å². The van der Waals surface area contributed by atoms with Gasteiger partial charge in [0.25, 0.3) is 0 Å². The number of methoxy groups -OCH3 is 1. The number of hydrogen-bond donors (Lipinski definition) is 2. The Kier molecular flexibility index (Phi) is 3.70. The fraction of sp³-hybridized carbons (Fsp3) is 0.231. The van der Waals surface area contributed by atoms with Crippen LogP contribution in [0.2, 0.25) is 0 Å². The van der Waals surface area contributed by atoms with Crippen LogP contribution in [-0.2, 0) is 9.53 Å². The van der Waals surface area contributed by atoms with Gasteiger partial charge in [-0.15, -0.1) is 0 Å². The van der Waals surface area contributed by atoms with Gasteiger partial charge in [-0.1, -0.05) is 0 Å². The fourth-order valence-corrected chi connectivity index (χ4v) is 1.73. The predicted molar refractivity (Wildman–Crippen MR) is 71.5 cm³/mol. The van der Waals surface area contributed by atoms with E-state index in [-0.39, 0.29) is 11.7 Å². The van der Waals surface area contributed by atoms with Crippen LogP contribution in [0, 0.1) is 0 Å². The third-order valence-corrected chi connectivity index (χ3v) is 2.73. The van der Waals surface area contributed by atoms with E-state index in [0.717, 1.165) is 11.4 Å². The normalized spacial score (nSPS) is 11.9. The molecule has 0 saturated carbocycles. The maximum absolute atomic E-state index is 11.4. The van der Waals surface area contributed by atoms with Gasteiger partial charge in [0.15, 0.2) is 0 Å². The molecule has 1 aromatic carbocycles. The van der Waals surface area contributed by atoms with E-state index in [1.165, 1.54) is 11.7 Å². The van der Waals surface area contributed by atoms with Crippen molar-refractivity contribution in [2.45, 2.75) is 13.0 Å². The van der Waals surface area contributed by atoms with Gasteiger partial charge in [0.1, 0.15) is 6.04 Å². The lowest BCUT2D eigenvalue weighted by molar-refractivity contribution is -0.141. The SMILES string of the molecule is COC(=O)C(C)Nc1ccc(-n2cc[nH]c2=O)cc1. The molecule has 6 heteroatoms. The van der Waals surface area contributed by atoms with E-state index >= 15 is 0 Å². The summed E-state index contributed by atoms with van der Waals surface area (Å²) in [5.74, 6) is -0.328. The zero-order valence-corrected chi connectivity index (χ0v) is 10.7. The molecular weight excluding hydrogens is 246 g/mol. The first-order chi connectivity index (χ1) is 9.11. The number of H-pyrrole nitrogens is 1. The van der Waals surface area contributed by atoms with Gasteiger partial charge in [0.2, 0.25) is 0 Å². The van der Waals surface area contributed by atoms with Crippen LogP contribution in [0.5, 0.6) is 0 Å². The summed E-state index contributed by atoms with van der Waals surface area (Å²) in [7, 11) is 1.35. The van der Waals surface area contributed by atoms with Gasteiger partial charge in [-0.05, 0) is 31.2 Å². The zero-order valence-electron chi connectivity index (χ0n) is 10.7. The van der Waals surface area contributed by atoms with Crippen LogP contribution in [0.15, 0.2) is 41.5 Å². The number of carbonyl (C=O) groups excluding carboxylic acids is 1. The van der Waals surface area contributed by atoms with Crippen LogP contribution in [0.4, 0.5) is 5.69 Å². The number of imidazole rings is 1. The number of ether oxygens (including phenoxy) is 1. The second kappa shape index (κ2) is 5.43. The monoisotopic (exact) mass is 261 g/mol. The summed E-state index contributed by atoms with van der Waals surface area (Å²) in [6.07, 6.45) is 3.23. The molecule has 19 heavy (non-hydrogen) atoms. The largest absolute Gasteiger partial charge is 0.467 e. The van der Waals surface area contributed by atoms with Crippen LogP contribution in [0.25, 0.3) is 5.69 Å². The van der Waals surface area contributed by atoms with Gasteiger partial charge in [-0.3, -0.25) is 4.57 Å². The van der Waals surface area contributed by atoms with Crippen molar-refractivity contribution >= 4 is 11.7 Å². The standard InChI is InChI=1S/C13H15N3O3/c1-9(12(17)19-2)15-10-3-5-11(6-4-10)16-8-7-14-13(16)18/h3-9,15H,1-2H3,(H,14,18). The molecule has 0 aliphatic rings. The zero-order chi connectivity index (χ0) is 13.8. The van der Waals surface area contributed by atoms with Crippen molar-refractivity contribution in [2.75, 3.05) is 12.4 Å². The summed E-state index contributed by atoms with van der Waals surface area (Å²) >= 11 is 0. The number of nitrogens with one attached hydrogen (secondary N) is 2. The minimum Gasteiger partial charge on any atom is -0.467 e. The Morgan fingerprint density at radius 3 is 2.58 bits per heavy atom. The molecule has 0 bridgehead atoms. The topological polar surface area (TPSA) is 76.1 Å². The number of benzene rings is 1. The average Bonchev–Trinajstić information content (AvgIpc) is 2.85. The Labute approximate surface area is 110 Å². The number of anilines is 1. The van der Waals surface area contributed by atoms with Crippen LogP contribution in [0.3, 0.4) is 0 Å². The predicted octanol–water partition coefficient (Wildman–Crippen LogP) is 1.14. The third-order valence-electron chi connectivity index (χ3n) is 2.73. The van der Waals surface area contributed by atoms with Crippen molar-refractivity contribution < 1.29 is 9.53 Å². The summed E-state index contributed by atoms with van der Waals surface area (Å²) < 4.78 is 6.13. The number of hydrogen-bond acceptors (Lipinski definition) is 4. The second-order valence-corrected chi connectivity index (χ2v) is 4.07. The minimum absolute atomic E-state index is 0.191. The molecule has 1 atom stereocenters. The molecule has 2 N–H and O–H groups in total. The Morgan fingerprint density at radius 2 is 2.05 bits per heavy atom. The number of esters is 1. The molecule has 0 radical (unpaired) electrons. The quantitative estimate of drug-likeness (QED) is 0.809. The maximum atomic E-state index is 11.4. The molecular formula is C13H15N3O3. The Morgan fingerprint density at radius 1 is 1.37 bits per heavy atom. The van der Waals surface area contributed by atoms with Crippen LogP contribution in [-0.4, -0.2) is 28.7 Å². The molecule has 100 valence electrons. The van der Waals surface area contributed by atoms with Gasteiger partial charge in [0, 0.05) is 18.1 Å². The number of carbonyl (C=O) groups is 1. The lowest BCUT2D eigenvalue weighted by atomic mass is 10.2. The first kappa shape index (κ1) is 12.9. The third kappa shape index (κ3) is 2.85. The van der Waals surface area contributed by atoms with E-state index in [9.17, 15) is 9.59 Å². The summed E-state index contributed by atoms with van der Waals surface area (Å²) in [5.41, 5.74) is 1.34. The highest BCUT2D eigenvalue weighted by molar-refractivity contribution is 5.78. The molecule has 0 fully saturated rings. The van der Waals surface area contributed by atoms with Crippen molar-refractivity contribution in [2.24, 2.45) is 0 Å². The Balaban J connectivity index is 2.13. The van der Waals surface area contributed by atoms with Crippen LogP contribution < -0.4 is 11.0 Å². The molecule has 1 unspecified atom stereocenters. The van der Waals surface area contributed by atoms with Crippen molar-refractivity contribution in [3.63, 3.8) is 0 Å². The van der Waals surface area contributed by atoms with E-state index in [1.807, 2.05) is 0 Å². The van der Waals surface area contributed by atoms with Gasteiger partial charge >= 0.3 is 11.7 Å². The van der Waals surface area contributed by atoms with Crippen molar-refractivity contribution in [1.29, 1.82) is 0 Å². The van der Waals surface area contributed by atoms with Crippen LogP contribution in [0.1, 0.15) is 6.92 Å². The lowest BCUT2D eigenvalue weighted by Crippen LogP contribution is -2.27. The van der Waals surface area contributed by atoms with Gasteiger partial charge in [0.05, 0.1) is 12.8 Å². The summed E-state index contributed by atoms with van der Waals surface area (Å²) in [4.78, 5) is 25.3. The molecule has 0 aliphatic carbocycles. The highest BCUT2D eigenvalue weighted by Crippen LogP contribution is 2.13. The molecule has 2 rings (SSSR count). The summed E-state index contributed by atoms with van der Waals surface area (Å²) in [6.45, 7) is 1.72. The molecule has 0 aliphatic heterocycles. The Bertz CT molecular complexity index is 613. The van der Waals surface area contributed by atoms with E-state index in [1.54, 1.807) is 43.6 Å². The van der Waals surface area contributed by atoms with Crippen molar-refractivity contribution in [1.82, 2.24) is 9.55 Å². The highest BCUT2D eigenvalue weighted by Gasteiger charge is 2.12. The molecule has 2 aromatic rings. The second-order valence-electron chi connectivity index (χ2n) is 4.07. The Hall–Kier alpha value is -2.50. The maximum Gasteiger partial charge on any atom is 0.330 e. The van der Waals surface area contributed by atoms with Gasteiger partial charge in [-0.2, -0.15) is 0 Å². The number of aromatic nitrogens is 2.